The Morgan fingerprint density at radius 1 is 1.28 bits per heavy atom. The van der Waals surface area contributed by atoms with Gasteiger partial charge in [-0.2, -0.15) is 0 Å². The summed E-state index contributed by atoms with van der Waals surface area (Å²) in [7, 11) is 1.83. The van der Waals surface area contributed by atoms with Crippen LogP contribution in [0.25, 0.3) is 26.1 Å². The largest absolute Gasteiger partial charge is 0.428 e. The van der Waals surface area contributed by atoms with Crippen molar-refractivity contribution in [2.45, 2.75) is 0 Å². The van der Waals surface area contributed by atoms with Crippen molar-refractivity contribution in [3.05, 3.63) is 51.6 Å². The first-order chi connectivity index (χ1) is 12.1. The number of anilines is 1. The summed E-state index contributed by atoms with van der Waals surface area (Å²) in [6, 6.07) is 7.26. The van der Waals surface area contributed by atoms with Crippen LogP contribution < -0.4 is 13.9 Å². The summed E-state index contributed by atoms with van der Waals surface area (Å²) in [5.41, 5.74) is 2.16. The Hall–Kier alpha value is -1.72. The third kappa shape index (κ3) is 2.70. The minimum absolute atomic E-state index is 0.116. The van der Waals surface area contributed by atoms with Crippen molar-refractivity contribution in [2.24, 2.45) is 0 Å². The standard InChI is InChI=1S/C16H10BrIN4O2S/c1-19-12-10(17)6-20-15-11(12)13-14(25-15)16(23)22(7-21-13)8-2-4-9(24-18)5-3-8/h2-7H,1H3,(H,19,20). The van der Waals surface area contributed by atoms with E-state index in [0.717, 1.165) is 31.8 Å². The second-order valence-corrected chi connectivity index (χ2v) is 7.48. The maximum Gasteiger partial charge on any atom is 0.275 e. The van der Waals surface area contributed by atoms with Gasteiger partial charge in [0.1, 0.15) is 27.1 Å². The molecule has 0 aliphatic carbocycles. The average molecular weight is 529 g/mol. The lowest BCUT2D eigenvalue weighted by Gasteiger charge is -2.07. The molecule has 9 heteroatoms. The Balaban J connectivity index is 2.00. The lowest BCUT2D eigenvalue weighted by Crippen LogP contribution is -2.17. The minimum Gasteiger partial charge on any atom is -0.428 e. The van der Waals surface area contributed by atoms with Crippen LogP contribution in [0.4, 0.5) is 5.69 Å². The van der Waals surface area contributed by atoms with E-state index in [1.165, 1.54) is 15.9 Å². The highest BCUT2D eigenvalue weighted by molar-refractivity contribution is 14.1. The zero-order chi connectivity index (χ0) is 17.6. The van der Waals surface area contributed by atoms with Crippen LogP contribution in [0.3, 0.4) is 0 Å². The fraction of sp³-hybridized carbons (Fsp3) is 0.0625. The molecule has 0 aliphatic heterocycles. The lowest BCUT2D eigenvalue weighted by molar-refractivity contribution is 0.716. The van der Waals surface area contributed by atoms with E-state index in [9.17, 15) is 4.79 Å². The molecule has 1 N–H and O–H groups in total. The predicted molar refractivity (Wildman–Crippen MR) is 112 cm³/mol. The second-order valence-electron chi connectivity index (χ2n) is 5.18. The quantitative estimate of drug-likeness (QED) is 0.396. The van der Waals surface area contributed by atoms with E-state index in [-0.39, 0.29) is 5.56 Å². The first kappa shape index (κ1) is 16.7. The first-order valence-electron chi connectivity index (χ1n) is 7.19. The van der Waals surface area contributed by atoms with Gasteiger partial charge < -0.3 is 8.38 Å². The van der Waals surface area contributed by atoms with Gasteiger partial charge in [-0.1, -0.05) is 0 Å². The molecule has 3 aromatic heterocycles. The predicted octanol–water partition coefficient (Wildman–Crippen LogP) is 4.53. The zero-order valence-corrected chi connectivity index (χ0v) is 17.3. The molecular weight excluding hydrogens is 519 g/mol. The van der Waals surface area contributed by atoms with Crippen LogP contribution in [0.15, 0.2) is 46.1 Å². The van der Waals surface area contributed by atoms with Gasteiger partial charge in [0.05, 0.1) is 21.2 Å². The molecule has 0 saturated heterocycles. The van der Waals surface area contributed by atoms with Crippen LogP contribution in [-0.4, -0.2) is 21.6 Å². The fourth-order valence-corrected chi connectivity index (χ4v) is 4.49. The number of pyridine rings is 1. The molecule has 6 nitrogen and oxygen atoms in total. The van der Waals surface area contributed by atoms with Crippen molar-refractivity contribution < 1.29 is 3.07 Å². The Morgan fingerprint density at radius 2 is 2.04 bits per heavy atom. The molecule has 0 unspecified atom stereocenters. The van der Waals surface area contributed by atoms with Crippen LogP contribution in [0.2, 0.25) is 0 Å². The monoisotopic (exact) mass is 528 g/mol. The van der Waals surface area contributed by atoms with Crippen LogP contribution in [-0.2, 0) is 0 Å². The summed E-state index contributed by atoms with van der Waals surface area (Å²) in [6.45, 7) is 0. The SMILES string of the molecule is CNc1c(Br)cnc2sc3c(=O)n(-c4ccc(OI)cc4)cnc3c12. The molecule has 0 spiro atoms. The third-order valence-corrected chi connectivity index (χ3v) is 6.00. The van der Waals surface area contributed by atoms with Crippen LogP contribution in [0.1, 0.15) is 0 Å². The Kier molecular flexibility index (Phi) is 4.38. The molecule has 0 amide bonds. The van der Waals surface area contributed by atoms with E-state index in [2.05, 4.69) is 31.2 Å². The highest BCUT2D eigenvalue weighted by Gasteiger charge is 2.17. The molecule has 0 bridgehead atoms. The summed E-state index contributed by atoms with van der Waals surface area (Å²) < 4.78 is 8.08. The number of nitrogens with zero attached hydrogens (tertiary/aromatic N) is 3. The van der Waals surface area contributed by atoms with Crippen LogP contribution in [0, 0.1) is 0 Å². The number of aromatic nitrogens is 3. The fourth-order valence-electron chi connectivity index (χ4n) is 2.66. The highest BCUT2D eigenvalue weighted by atomic mass is 127. The number of benzene rings is 1. The molecule has 0 atom stereocenters. The van der Waals surface area contributed by atoms with Crippen molar-refractivity contribution in [3.63, 3.8) is 0 Å². The third-order valence-electron chi connectivity index (χ3n) is 3.82. The Bertz CT molecular complexity index is 1160. The second kappa shape index (κ2) is 6.54. The number of fused-ring (bicyclic) bond motifs is 3. The Labute approximate surface area is 168 Å². The average Bonchev–Trinajstić information content (AvgIpc) is 3.02. The van der Waals surface area contributed by atoms with Gasteiger partial charge >= 0.3 is 0 Å². The summed E-state index contributed by atoms with van der Waals surface area (Å²) in [5, 5.41) is 4.01. The molecule has 1 aromatic carbocycles. The summed E-state index contributed by atoms with van der Waals surface area (Å²) in [5.74, 6) is 0.723. The van der Waals surface area contributed by atoms with Gasteiger partial charge in [-0.05, 0) is 40.2 Å². The van der Waals surface area contributed by atoms with Gasteiger partial charge in [-0.3, -0.25) is 9.36 Å². The van der Waals surface area contributed by atoms with E-state index in [1.807, 2.05) is 42.2 Å². The van der Waals surface area contributed by atoms with E-state index >= 15 is 0 Å². The normalized spacial score (nSPS) is 11.2. The molecular formula is C16H10BrIN4O2S. The highest BCUT2D eigenvalue weighted by Crippen LogP contribution is 2.38. The van der Waals surface area contributed by atoms with E-state index < -0.39 is 0 Å². The number of thiophene rings is 1. The summed E-state index contributed by atoms with van der Waals surface area (Å²) in [4.78, 5) is 22.7. The molecule has 0 saturated carbocycles. The van der Waals surface area contributed by atoms with Crippen molar-refractivity contribution in [2.75, 3.05) is 12.4 Å². The number of hydrogen-bond donors (Lipinski definition) is 1. The molecule has 4 rings (SSSR count). The van der Waals surface area contributed by atoms with Gasteiger partial charge in [0.2, 0.25) is 0 Å². The van der Waals surface area contributed by atoms with E-state index in [4.69, 9.17) is 3.07 Å². The smallest absolute Gasteiger partial charge is 0.275 e. The number of nitrogens with one attached hydrogen (secondary N) is 1. The number of hydrogen-bond acceptors (Lipinski definition) is 6. The molecule has 0 aliphatic rings. The van der Waals surface area contributed by atoms with Gasteiger partial charge in [0.25, 0.3) is 5.56 Å². The van der Waals surface area contributed by atoms with Crippen molar-refractivity contribution >= 4 is 76.4 Å². The van der Waals surface area contributed by atoms with Crippen molar-refractivity contribution in [1.29, 1.82) is 0 Å². The van der Waals surface area contributed by atoms with E-state index in [1.54, 1.807) is 24.7 Å². The zero-order valence-electron chi connectivity index (χ0n) is 12.8. The van der Waals surface area contributed by atoms with Gasteiger partial charge in [0.15, 0.2) is 23.0 Å². The summed E-state index contributed by atoms with van der Waals surface area (Å²) in [6.07, 6.45) is 3.28. The van der Waals surface area contributed by atoms with Crippen LogP contribution >= 0.6 is 50.3 Å². The van der Waals surface area contributed by atoms with Gasteiger partial charge in [-0.15, -0.1) is 11.3 Å². The van der Waals surface area contributed by atoms with Gasteiger partial charge in [-0.25, -0.2) is 9.97 Å². The molecule has 3 heterocycles. The number of halogens is 2. The molecule has 0 fully saturated rings. The van der Waals surface area contributed by atoms with Gasteiger partial charge in [0, 0.05) is 13.2 Å². The van der Waals surface area contributed by atoms with Crippen LogP contribution in [0.5, 0.6) is 5.75 Å². The molecule has 25 heavy (non-hydrogen) atoms. The van der Waals surface area contributed by atoms with E-state index in [0.29, 0.717) is 10.2 Å². The Morgan fingerprint density at radius 3 is 2.72 bits per heavy atom. The molecule has 126 valence electrons. The topological polar surface area (TPSA) is 69.0 Å². The minimum atomic E-state index is -0.116. The molecule has 4 aromatic rings. The maximum absolute atomic E-state index is 13.0. The van der Waals surface area contributed by atoms with Crippen molar-refractivity contribution in [3.8, 4) is 11.4 Å². The lowest BCUT2D eigenvalue weighted by atomic mass is 10.2. The number of rotatable bonds is 3. The summed E-state index contributed by atoms with van der Waals surface area (Å²) >= 11 is 6.66. The maximum atomic E-state index is 13.0. The first-order valence-corrected chi connectivity index (χ1v) is 9.68. The molecule has 0 radical (unpaired) electrons. The van der Waals surface area contributed by atoms with Crippen molar-refractivity contribution in [1.82, 2.24) is 14.5 Å².